The Morgan fingerprint density at radius 2 is 1.94 bits per heavy atom. The molecule has 0 amide bonds. The maximum Gasteiger partial charge on any atom is 0.00104 e. The van der Waals surface area contributed by atoms with Crippen LogP contribution in [0.5, 0.6) is 0 Å². The summed E-state index contributed by atoms with van der Waals surface area (Å²) in [5.74, 6) is 2.37. The van der Waals surface area contributed by atoms with E-state index >= 15 is 0 Å². The molecule has 1 N–H and O–H groups in total. The fourth-order valence-electron chi connectivity index (χ4n) is 3.15. The highest BCUT2D eigenvalue weighted by Gasteiger charge is 2.51. The highest BCUT2D eigenvalue weighted by molar-refractivity contribution is 5.27. The maximum atomic E-state index is 3.56. The molecule has 1 saturated carbocycles. The van der Waals surface area contributed by atoms with E-state index in [1.807, 2.05) is 0 Å². The van der Waals surface area contributed by atoms with Crippen molar-refractivity contribution in [3.8, 4) is 0 Å². The van der Waals surface area contributed by atoms with Crippen molar-refractivity contribution >= 4 is 0 Å². The number of nitrogens with one attached hydrogen (secondary N) is 1. The molecular weight excluding hydrogens is 218 g/mol. The minimum absolute atomic E-state index is 0.427. The molecule has 3 atom stereocenters. The molecule has 100 valence electrons. The van der Waals surface area contributed by atoms with Gasteiger partial charge in [0.05, 0.1) is 0 Å². The van der Waals surface area contributed by atoms with Crippen LogP contribution in [0.2, 0.25) is 0 Å². The van der Waals surface area contributed by atoms with Gasteiger partial charge in [0, 0.05) is 6.54 Å². The zero-order valence-corrected chi connectivity index (χ0v) is 12.2. The third-order valence-electron chi connectivity index (χ3n) is 4.94. The second-order valence-electron chi connectivity index (χ2n) is 6.30. The Morgan fingerprint density at radius 1 is 1.28 bits per heavy atom. The molecule has 0 bridgehead atoms. The summed E-state index contributed by atoms with van der Waals surface area (Å²) in [6.07, 6.45) is 1.37. The second-order valence-corrected chi connectivity index (χ2v) is 6.30. The summed E-state index contributed by atoms with van der Waals surface area (Å²) < 4.78 is 0. The number of benzene rings is 1. The van der Waals surface area contributed by atoms with E-state index in [2.05, 4.69) is 63.3 Å². The molecule has 0 radical (unpaired) electrons. The van der Waals surface area contributed by atoms with Crippen molar-refractivity contribution in [2.45, 2.75) is 40.0 Å². The van der Waals surface area contributed by atoms with E-state index in [0.717, 1.165) is 30.8 Å². The Morgan fingerprint density at radius 3 is 2.50 bits per heavy atom. The number of hydrogen-bond donors (Lipinski definition) is 1. The topological polar surface area (TPSA) is 12.0 Å². The molecule has 0 heterocycles. The Labute approximate surface area is 112 Å². The van der Waals surface area contributed by atoms with Gasteiger partial charge in [-0.2, -0.15) is 0 Å². The van der Waals surface area contributed by atoms with Gasteiger partial charge in [-0.25, -0.2) is 0 Å². The number of hydrogen-bond acceptors (Lipinski definition) is 1. The van der Waals surface area contributed by atoms with Gasteiger partial charge in [0.25, 0.3) is 0 Å². The molecule has 3 unspecified atom stereocenters. The van der Waals surface area contributed by atoms with Gasteiger partial charge in [-0.05, 0) is 41.7 Å². The molecule has 1 nitrogen and oxygen atoms in total. The SMILES string of the molecule is CCNCC(C)(C(C)C)C1CC1c1ccccc1. The standard InChI is InChI=1S/C17H27N/c1-5-18-12-17(4,13(2)3)16-11-15(16)14-9-7-6-8-10-14/h6-10,13,15-16,18H,5,11-12H2,1-4H3. The van der Waals surface area contributed by atoms with Gasteiger partial charge in [-0.3, -0.25) is 0 Å². The lowest BCUT2D eigenvalue weighted by Gasteiger charge is -2.35. The van der Waals surface area contributed by atoms with Crippen molar-refractivity contribution in [1.29, 1.82) is 0 Å². The average Bonchev–Trinajstić information content (AvgIpc) is 3.17. The average molecular weight is 245 g/mol. The van der Waals surface area contributed by atoms with Crippen LogP contribution in [-0.2, 0) is 0 Å². The Bertz CT molecular complexity index is 370. The summed E-state index contributed by atoms with van der Waals surface area (Å²) in [6.45, 7) is 11.6. The molecule has 1 aliphatic rings. The van der Waals surface area contributed by atoms with E-state index in [1.165, 1.54) is 12.0 Å². The zero-order valence-electron chi connectivity index (χ0n) is 12.2. The lowest BCUT2D eigenvalue weighted by molar-refractivity contribution is 0.169. The Kier molecular flexibility index (Phi) is 4.11. The van der Waals surface area contributed by atoms with Crippen LogP contribution < -0.4 is 5.32 Å². The summed E-state index contributed by atoms with van der Waals surface area (Å²) in [5, 5.41) is 3.56. The summed E-state index contributed by atoms with van der Waals surface area (Å²) >= 11 is 0. The van der Waals surface area contributed by atoms with Crippen molar-refractivity contribution < 1.29 is 0 Å². The molecule has 0 aromatic heterocycles. The molecule has 1 aliphatic carbocycles. The van der Waals surface area contributed by atoms with E-state index in [1.54, 1.807) is 0 Å². The predicted octanol–water partition coefficient (Wildman–Crippen LogP) is 4.06. The summed E-state index contributed by atoms with van der Waals surface area (Å²) in [6, 6.07) is 11.0. The molecule has 1 fully saturated rings. The largest absolute Gasteiger partial charge is 0.316 e. The molecule has 0 aliphatic heterocycles. The van der Waals surface area contributed by atoms with Crippen LogP contribution >= 0.6 is 0 Å². The van der Waals surface area contributed by atoms with Crippen molar-refractivity contribution in [1.82, 2.24) is 5.32 Å². The molecule has 0 spiro atoms. The summed E-state index contributed by atoms with van der Waals surface area (Å²) in [4.78, 5) is 0. The first-order valence-electron chi connectivity index (χ1n) is 7.35. The van der Waals surface area contributed by atoms with Crippen molar-refractivity contribution in [2.75, 3.05) is 13.1 Å². The lowest BCUT2D eigenvalue weighted by Crippen LogP contribution is -2.38. The molecule has 0 saturated heterocycles. The van der Waals surface area contributed by atoms with Crippen LogP contribution in [0.25, 0.3) is 0 Å². The Hall–Kier alpha value is -0.820. The molecule has 18 heavy (non-hydrogen) atoms. The molecule has 1 aromatic carbocycles. The zero-order chi connectivity index (χ0) is 13.2. The van der Waals surface area contributed by atoms with Gasteiger partial charge in [0.15, 0.2) is 0 Å². The van der Waals surface area contributed by atoms with Gasteiger partial charge < -0.3 is 5.32 Å². The molecule has 1 aromatic rings. The van der Waals surface area contributed by atoms with E-state index in [4.69, 9.17) is 0 Å². The van der Waals surface area contributed by atoms with Crippen molar-refractivity contribution in [2.24, 2.45) is 17.3 Å². The molecular formula is C17H27N. The first-order valence-corrected chi connectivity index (χ1v) is 7.35. The molecule has 2 rings (SSSR count). The summed E-state index contributed by atoms with van der Waals surface area (Å²) in [5.41, 5.74) is 1.96. The van der Waals surface area contributed by atoms with E-state index < -0.39 is 0 Å². The third-order valence-corrected chi connectivity index (χ3v) is 4.94. The van der Waals surface area contributed by atoms with Crippen LogP contribution in [0.3, 0.4) is 0 Å². The van der Waals surface area contributed by atoms with E-state index in [9.17, 15) is 0 Å². The quantitative estimate of drug-likeness (QED) is 0.797. The molecule has 1 heteroatoms. The van der Waals surface area contributed by atoms with Crippen LogP contribution in [0.15, 0.2) is 30.3 Å². The smallest absolute Gasteiger partial charge is 0.00104 e. The maximum absolute atomic E-state index is 3.56. The third kappa shape index (κ3) is 2.61. The first-order chi connectivity index (χ1) is 8.59. The van der Waals surface area contributed by atoms with Gasteiger partial charge in [0.2, 0.25) is 0 Å². The van der Waals surface area contributed by atoms with Gasteiger partial charge in [0.1, 0.15) is 0 Å². The second kappa shape index (κ2) is 5.44. The van der Waals surface area contributed by atoms with Crippen LogP contribution in [-0.4, -0.2) is 13.1 Å². The Balaban J connectivity index is 2.07. The van der Waals surface area contributed by atoms with Gasteiger partial charge in [-0.1, -0.05) is 58.0 Å². The first kappa shape index (κ1) is 13.6. The minimum Gasteiger partial charge on any atom is -0.316 e. The van der Waals surface area contributed by atoms with Crippen LogP contribution in [0.4, 0.5) is 0 Å². The van der Waals surface area contributed by atoms with Crippen molar-refractivity contribution in [3.05, 3.63) is 35.9 Å². The van der Waals surface area contributed by atoms with Gasteiger partial charge in [-0.15, -0.1) is 0 Å². The normalized spacial score (nSPS) is 26.1. The fraction of sp³-hybridized carbons (Fsp3) is 0.647. The highest BCUT2D eigenvalue weighted by Crippen LogP contribution is 2.59. The van der Waals surface area contributed by atoms with Crippen LogP contribution in [0, 0.1) is 17.3 Å². The monoisotopic (exact) mass is 245 g/mol. The fourth-order valence-corrected chi connectivity index (χ4v) is 3.15. The highest BCUT2D eigenvalue weighted by atomic mass is 14.9. The van der Waals surface area contributed by atoms with Gasteiger partial charge >= 0.3 is 0 Å². The van der Waals surface area contributed by atoms with Crippen molar-refractivity contribution in [3.63, 3.8) is 0 Å². The minimum atomic E-state index is 0.427. The van der Waals surface area contributed by atoms with Crippen LogP contribution in [0.1, 0.15) is 45.6 Å². The lowest BCUT2D eigenvalue weighted by atomic mass is 9.73. The summed E-state index contributed by atoms with van der Waals surface area (Å²) in [7, 11) is 0. The predicted molar refractivity (Wildman–Crippen MR) is 78.8 cm³/mol. The van der Waals surface area contributed by atoms with E-state index in [-0.39, 0.29) is 0 Å². The van der Waals surface area contributed by atoms with E-state index in [0.29, 0.717) is 5.41 Å². The number of rotatable bonds is 6.